The molecule has 0 spiro atoms. The molecule has 0 saturated heterocycles. The number of hydrogen-bond donors (Lipinski definition) is 2. The Hall–Kier alpha value is -2.70. The van der Waals surface area contributed by atoms with Crippen LogP contribution in [-0.2, 0) is 6.54 Å². The number of aromatic nitrogens is 2. The zero-order chi connectivity index (χ0) is 18.5. The summed E-state index contributed by atoms with van der Waals surface area (Å²) in [4.78, 5) is 20.5. The van der Waals surface area contributed by atoms with E-state index in [9.17, 15) is 9.18 Å². The van der Waals surface area contributed by atoms with Gasteiger partial charge in [0.2, 0.25) is 0 Å². The monoisotopic (exact) mass is 390 g/mol. The lowest BCUT2D eigenvalue weighted by Crippen LogP contribution is -2.14. The molecule has 132 valence electrons. The smallest absolute Gasteiger partial charge is 0.275 e. The highest BCUT2D eigenvalue weighted by molar-refractivity contribution is 6.35. The number of hydrogen-bond acceptors (Lipinski definition) is 4. The number of rotatable bonds is 5. The lowest BCUT2D eigenvalue weighted by Gasteiger charge is -2.08. The van der Waals surface area contributed by atoms with Gasteiger partial charge < -0.3 is 10.6 Å². The molecule has 0 unspecified atom stereocenters. The van der Waals surface area contributed by atoms with E-state index in [1.54, 1.807) is 30.3 Å². The summed E-state index contributed by atoms with van der Waals surface area (Å²) in [6.07, 6.45) is 2.79. The van der Waals surface area contributed by atoms with Crippen LogP contribution in [0.1, 0.15) is 16.1 Å². The first-order chi connectivity index (χ1) is 12.5. The molecular weight excluding hydrogens is 378 g/mol. The van der Waals surface area contributed by atoms with Gasteiger partial charge in [0.05, 0.1) is 23.1 Å². The zero-order valence-corrected chi connectivity index (χ0v) is 14.9. The molecule has 5 nitrogen and oxygen atoms in total. The van der Waals surface area contributed by atoms with Crippen molar-refractivity contribution in [3.63, 3.8) is 0 Å². The lowest BCUT2D eigenvalue weighted by molar-refractivity contribution is 0.102. The van der Waals surface area contributed by atoms with Crippen LogP contribution in [0.2, 0.25) is 10.0 Å². The van der Waals surface area contributed by atoms with E-state index in [-0.39, 0.29) is 11.5 Å². The molecule has 1 heterocycles. The van der Waals surface area contributed by atoms with Gasteiger partial charge in [0.15, 0.2) is 0 Å². The van der Waals surface area contributed by atoms with E-state index in [4.69, 9.17) is 23.2 Å². The van der Waals surface area contributed by atoms with Crippen LogP contribution in [0.3, 0.4) is 0 Å². The summed E-state index contributed by atoms with van der Waals surface area (Å²) < 4.78 is 12.9. The van der Waals surface area contributed by atoms with Gasteiger partial charge >= 0.3 is 0 Å². The SMILES string of the molecule is O=C(Nc1cc(Cl)ccc1Cl)c1cnc(NCc2ccc(F)cc2)cn1. The lowest BCUT2D eigenvalue weighted by atomic mass is 10.2. The minimum absolute atomic E-state index is 0.133. The third-order valence-electron chi connectivity index (χ3n) is 3.45. The highest BCUT2D eigenvalue weighted by Crippen LogP contribution is 2.25. The highest BCUT2D eigenvalue weighted by atomic mass is 35.5. The number of carbonyl (C=O) groups is 1. The predicted molar refractivity (Wildman–Crippen MR) is 100 cm³/mol. The summed E-state index contributed by atoms with van der Waals surface area (Å²) in [5.74, 6) is -0.248. The van der Waals surface area contributed by atoms with E-state index in [2.05, 4.69) is 20.6 Å². The van der Waals surface area contributed by atoms with Crippen molar-refractivity contribution in [1.29, 1.82) is 0 Å². The summed E-state index contributed by atoms with van der Waals surface area (Å²) >= 11 is 11.9. The van der Waals surface area contributed by atoms with E-state index in [0.717, 1.165) is 5.56 Å². The van der Waals surface area contributed by atoms with Gasteiger partial charge in [-0.25, -0.2) is 14.4 Å². The second kappa shape index (κ2) is 8.12. The van der Waals surface area contributed by atoms with Crippen LogP contribution < -0.4 is 10.6 Å². The third kappa shape index (κ3) is 4.68. The fourth-order valence-corrected chi connectivity index (χ4v) is 2.45. The van der Waals surface area contributed by atoms with Gasteiger partial charge in [-0.3, -0.25) is 4.79 Å². The number of carbonyl (C=O) groups excluding carboxylic acids is 1. The zero-order valence-electron chi connectivity index (χ0n) is 13.3. The Bertz CT molecular complexity index is 917. The number of benzene rings is 2. The molecular formula is C18H13Cl2FN4O. The van der Waals surface area contributed by atoms with Crippen molar-refractivity contribution in [2.24, 2.45) is 0 Å². The van der Waals surface area contributed by atoms with E-state index in [1.807, 2.05) is 0 Å². The van der Waals surface area contributed by atoms with Gasteiger partial charge in [0.25, 0.3) is 5.91 Å². The number of anilines is 2. The molecule has 0 radical (unpaired) electrons. The average Bonchev–Trinajstić information content (AvgIpc) is 2.64. The van der Waals surface area contributed by atoms with Crippen molar-refractivity contribution in [2.75, 3.05) is 10.6 Å². The fraction of sp³-hybridized carbons (Fsp3) is 0.0556. The first-order valence-corrected chi connectivity index (χ1v) is 8.33. The Morgan fingerprint density at radius 2 is 1.81 bits per heavy atom. The Kier molecular flexibility index (Phi) is 5.65. The third-order valence-corrected chi connectivity index (χ3v) is 4.01. The van der Waals surface area contributed by atoms with Crippen LogP contribution in [0.25, 0.3) is 0 Å². The van der Waals surface area contributed by atoms with Crippen molar-refractivity contribution >= 4 is 40.6 Å². The standard InChI is InChI=1S/C18H13Cl2FN4O/c19-12-3-6-14(20)15(7-12)25-18(26)16-9-24-17(10-22-16)23-8-11-1-4-13(21)5-2-11/h1-7,9-10H,8H2,(H,23,24)(H,25,26). The van der Waals surface area contributed by atoms with E-state index < -0.39 is 5.91 Å². The van der Waals surface area contributed by atoms with Gasteiger partial charge in [0.1, 0.15) is 17.3 Å². The largest absolute Gasteiger partial charge is 0.365 e. The molecule has 1 aromatic heterocycles. The summed E-state index contributed by atoms with van der Waals surface area (Å²) in [5, 5.41) is 6.51. The molecule has 3 aromatic rings. The molecule has 0 atom stereocenters. The number of amides is 1. The maximum atomic E-state index is 12.9. The molecule has 2 N–H and O–H groups in total. The van der Waals surface area contributed by atoms with E-state index in [0.29, 0.717) is 28.1 Å². The number of halogens is 3. The highest BCUT2D eigenvalue weighted by Gasteiger charge is 2.11. The van der Waals surface area contributed by atoms with Crippen molar-refractivity contribution in [3.8, 4) is 0 Å². The van der Waals surface area contributed by atoms with Crippen molar-refractivity contribution in [2.45, 2.75) is 6.54 Å². The van der Waals surface area contributed by atoms with Crippen LogP contribution in [0.15, 0.2) is 54.9 Å². The Balaban J connectivity index is 1.62. The Morgan fingerprint density at radius 3 is 2.50 bits per heavy atom. The molecule has 0 fully saturated rings. The Morgan fingerprint density at radius 1 is 1.04 bits per heavy atom. The van der Waals surface area contributed by atoms with Crippen LogP contribution in [-0.4, -0.2) is 15.9 Å². The maximum Gasteiger partial charge on any atom is 0.275 e. The Labute approximate surface area is 159 Å². The summed E-state index contributed by atoms with van der Waals surface area (Å²) in [7, 11) is 0. The van der Waals surface area contributed by atoms with E-state index in [1.165, 1.54) is 24.5 Å². The summed E-state index contributed by atoms with van der Waals surface area (Å²) in [6, 6.07) is 10.9. The number of nitrogens with one attached hydrogen (secondary N) is 2. The van der Waals surface area contributed by atoms with Crippen LogP contribution >= 0.6 is 23.2 Å². The number of nitrogens with zero attached hydrogens (tertiary/aromatic N) is 2. The normalized spacial score (nSPS) is 10.4. The van der Waals surface area contributed by atoms with Crippen LogP contribution in [0, 0.1) is 5.82 Å². The van der Waals surface area contributed by atoms with Crippen LogP contribution in [0.4, 0.5) is 15.9 Å². The van der Waals surface area contributed by atoms with Gasteiger partial charge in [-0.1, -0.05) is 35.3 Å². The molecule has 0 aliphatic rings. The molecule has 2 aromatic carbocycles. The van der Waals surface area contributed by atoms with Gasteiger partial charge in [-0.15, -0.1) is 0 Å². The topological polar surface area (TPSA) is 66.9 Å². The molecule has 8 heteroatoms. The van der Waals surface area contributed by atoms with Crippen LogP contribution in [0.5, 0.6) is 0 Å². The molecule has 3 rings (SSSR count). The molecule has 26 heavy (non-hydrogen) atoms. The van der Waals surface area contributed by atoms with Crippen molar-refractivity contribution in [3.05, 3.63) is 82.0 Å². The fourth-order valence-electron chi connectivity index (χ4n) is 2.11. The summed E-state index contributed by atoms with van der Waals surface area (Å²) in [6.45, 7) is 0.457. The minimum Gasteiger partial charge on any atom is -0.365 e. The van der Waals surface area contributed by atoms with Gasteiger partial charge in [-0.2, -0.15) is 0 Å². The predicted octanol–water partition coefficient (Wildman–Crippen LogP) is 4.79. The average molecular weight is 391 g/mol. The second-order valence-corrected chi connectivity index (χ2v) is 6.19. The van der Waals surface area contributed by atoms with Crippen molar-refractivity contribution < 1.29 is 9.18 Å². The molecule has 0 aliphatic heterocycles. The van der Waals surface area contributed by atoms with Gasteiger partial charge in [-0.05, 0) is 35.9 Å². The van der Waals surface area contributed by atoms with Gasteiger partial charge in [0, 0.05) is 11.6 Å². The first-order valence-electron chi connectivity index (χ1n) is 7.58. The quantitative estimate of drug-likeness (QED) is 0.657. The second-order valence-electron chi connectivity index (χ2n) is 5.35. The first kappa shape index (κ1) is 18.1. The molecule has 0 saturated carbocycles. The maximum absolute atomic E-state index is 12.9. The summed E-state index contributed by atoms with van der Waals surface area (Å²) in [5.41, 5.74) is 1.42. The minimum atomic E-state index is -0.452. The van der Waals surface area contributed by atoms with Crippen molar-refractivity contribution in [1.82, 2.24) is 9.97 Å². The molecule has 0 aliphatic carbocycles. The molecule has 1 amide bonds. The molecule has 0 bridgehead atoms. The van der Waals surface area contributed by atoms with E-state index >= 15 is 0 Å².